The van der Waals surface area contributed by atoms with Crippen LogP contribution in [0.4, 0.5) is 0 Å². The molecule has 2 rings (SSSR count). The normalized spacial score (nSPS) is 19.2. The molecule has 1 aromatic heterocycles. The minimum Gasteiger partial charge on any atom is -0.316 e. The molecular formula is C16H27N3S2. The van der Waals surface area contributed by atoms with Crippen LogP contribution >= 0.6 is 23.5 Å². The van der Waals surface area contributed by atoms with Crippen LogP contribution < -0.4 is 5.32 Å². The molecule has 1 aliphatic rings. The molecule has 1 atom stereocenters. The minimum absolute atomic E-state index is 0.481. The lowest BCUT2D eigenvalue weighted by atomic mass is 10.1. The molecule has 21 heavy (non-hydrogen) atoms. The molecule has 118 valence electrons. The number of hydrogen-bond donors (Lipinski definition) is 1. The van der Waals surface area contributed by atoms with Gasteiger partial charge in [-0.1, -0.05) is 13.8 Å². The van der Waals surface area contributed by atoms with Crippen LogP contribution in [0.15, 0.2) is 0 Å². The van der Waals surface area contributed by atoms with Gasteiger partial charge in [-0.25, -0.2) is 9.97 Å². The molecular weight excluding hydrogens is 298 g/mol. The quantitative estimate of drug-likeness (QED) is 0.811. The number of aromatic nitrogens is 2. The summed E-state index contributed by atoms with van der Waals surface area (Å²) in [7, 11) is 0. The van der Waals surface area contributed by atoms with Crippen LogP contribution in [0.25, 0.3) is 0 Å². The summed E-state index contributed by atoms with van der Waals surface area (Å²) in [5.41, 5.74) is 3.66. The van der Waals surface area contributed by atoms with E-state index in [1.54, 1.807) is 0 Å². The van der Waals surface area contributed by atoms with Crippen LogP contribution in [0.5, 0.6) is 0 Å². The molecule has 0 spiro atoms. The third-order valence-corrected chi connectivity index (χ3v) is 6.40. The summed E-state index contributed by atoms with van der Waals surface area (Å²) in [6, 6.07) is 0. The van der Waals surface area contributed by atoms with Crippen molar-refractivity contribution in [3.8, 4) is 0 Å². The third-order valence-electron chi connectivity index (χ3n) is 3.65. The van der Waals surface area contributed by atoms with E-state index in [4.69, 9.17) is 9.97 Å². The molecule has 0 aromatic carbocycles. The summed E-state index contributed by atoms with van der Waals surface area (Å²) >= 11 is 4.03. The Kier molecular flexibility index (Phi) is 6.83. The van der Waals surface area contributed by atoms with Crippen LogP contribution in [0.2, 0.25) is 0 Å². The van der Waals surface area contributed by atoms with Crippen molar-refractivity contribution in [3.63, 3.8) is 0 Å². The Bertz CT molecular complexity index is 434. The molecule has 0 aliphatic carbocycles. The highest BCUT2D eigenvalue weighted by atomic mass is 32.2. The summed E-state index contributed by atoms with van der Waals surface area (Å²) < 4.78 is 0. The first kappa shape index (κ1) is 17.1. The Morgan fingerprint density at radius 3 is 2.48 bits per heavy atom. The monoisotopic (exact) mass is 325 g/mol. The molecule has 1 aromatic rings. The molecule has 3 nitrogen and oxygen atoms in total. The smallest absolute Gasteiger partial charge is 0.142 e. The van der Waals surface area contributed by atoms with Gasteiger partial charge in [-0.15, -0.1) is 11.8 Å². The van der Waals surface area contributed by atoms with Gasteiger partial charge in [-0.2, -0.15) is 11.8 Å². The van der Waals surface area contributed by atoms with E-state index in [9.17, 15) is 0 Å². The summed E-state index contributed by atoms with van der Waals surface area (Å²) in [5, 5.41) is 3.98. The van der Waals surface area contributed by atoms with Gasteiger partial charge in [0.25, 0.3) is 0 Å². The van der Waals surface area contributed by atoms with E-state index in [-0.39, 0.29) is 0 Å². The average molecular weight is 326 g/mol. The van der Waals surface area contributed by atoms with E-state index in [1.165, 1.54) is 28.5 Å². The minimum atomic E-state index is 0.481. The highest BCUT2D eigenvalue weighted by molar-refractivity contribution is 8.06. The number of hydrogen-bond acceptors (Lipinski definition) is 5. The zero-order valence-corrected chi connectivity index (χ0v) is 15.2. The topological polar surface area (TPSA) is 37.8 Å². The van der Waals surface area contributed by atoms with E-state index in [0.29, 0.717) is 11.2 Å². The molecule has 0 amide bonds. The molecule has 1 N–H and O–H groups in total. The molecule has 1 aliphatic heterocycles. The van der Waals surface area contributed by atoms with Gasteiger partial charge in [0.05, 0.1) is 5.25 Å². The Balaban J connectivity index is 1.99. The summed E-state index contributed by atoms with van der Waals surface area (Å²) in [6.07, 6.45) is 1.03. The molecule has 5 heteroatoms. The van der Waals surface area contributed by atoms with Crippen LogP contribution in [0, 0.1) is 19.8 Å². The van der Waals surface area contributed by atoms with Crippen molar-refractivity contribution in [3.05, 3.63) is 22.8 Å². The van der Waals surface area contributed by atoms with Gasteiger partial charge in [-0.05, 0) is 44.8 Å². The molecule has 0 bridgehead atoms. The maximum atomic E-state index is 4.80. The zero-order valence-electron chi connectivity index (χ0n) is 13.6. The maximum absolute atomic E-state index is 4.80. The van der Waals surface area contributed by atoms with E-state index >= 15 is 0 Å². The fraction of sp³-hybridized carbons (Fsp3) is 0.750. The highest BCUT2D eigenvalue weighted by Crippen LogP contribution is 2.35. The predicted molar refractivity (Wildman–Crippen MR) is 95.4 cm³/mol. The fourth-order valence-corrected chi connectivity index (χ4v) is 5.11. The molecule has 1 unspecified atom stereocenters. The van der Waals surface area contributed by atoms with E-state index in [1.807, 2.05) is 23.5 Å². The second-order valence-electron chi connectivity index (χ2n) is 6.01. The molecule has 0 saturated carbocycles. The van der Waals surface area contributed by atoms with Crippen molar-refractivity contribution >= 4 is 23.5 Å². The standard InChI is InChI=1S/C16H27N3S2/c1-11(2)9-17-6-5-14-12(3)18-16(19-13(14)4)15-10-20-7-8-21-15/h11,15,17H,5-10H2,1-4H3. The van der Waals surface area contributed by atoms with Crippen LogP contribution in [0.1, 0.15) is 41.9 Å². The van der Waals surface area contributed by atoms with Gasteiger partial charge in [0.2, 0.25) is 0 Å². The molecule has 1 saturated heterocycles. The van der Waals surface area contributed by atoms with Gasteiger partial charge >= 0.3 is 0 Å². The highest BCUT2D eigenvalue weighted by Gasteiger charge is 2.20. The molecule has 0 radical (unpaired) electrons. The number of nitrogens with one attached hydrogen (secondary N) is 1. The van der Waals surface area contributed by atoms with Crippen molar-refractivity contribution < 1.29 is 0 Å². The van der Waals surface area contributed by atoms with Crippen molar-refractivity contribution in [2.24, 2.45) is 5.92 Å². The van der Waals surface area contributed by atoms with Gasteiger partial charge < -0.3 is 5.32 Å². The second kappa shape index (κ2) is 8.39. The van der Waals surface area contributed by atoms with E-state index < -0.39 is 0 Å². The van der Waals surface area contributed by atoms with Crippen molar-refractivity contribution in [1.29, 1.82) is 0 Å². The summed E-state index contributed by atoms with van der Waals surface area (Å²) in [6.45, 7) is 10.8. The maximum Gasteiger partial charge on any atom is 0.142 e. The third kappa shape index (κ3) is 5.15. The van der Waals surface area contributed by atoms with Crippen molar-refractivity contribution in [2.75, 3.05) is 30.3 Å². The lowest BCUT2D eigenvalue weighted by molar-refractivity contribution is 0.553. The largest absolute Gasteiger partial charge is 0.316 e. The molecule has 1 fully saturated rings. The summed E-state index contributed by atoms with van der Waals surface area (Å²) in [5.74, 6) is 5.38. The fourth-order valence-electron chi connectivity index (χ4n) is 2.51. The number of rotatable bonds is 6. The Hall–Kier alpha value is -0.260. The van der Waals surface area contributed by atoms with Gasteiger partial charge in [-0.3, -0.25) is 0 Å². The van der Waals surface area contributed by atoms with Gasteiger partial charge in [0.1, 0.15) is 5.82 Å². The van der Waals surface area contributed by atoms with Crippen molar-refractivity contribution in [2.45, 2.75) is 39.4 Å². The first-order valence-electron chi connectivity index (χ1n) is 7.82. The van der Waals surface area contributed by atoms with Crippen LogP contribution in [-0.4, -0.2) is 40.3 Å². The molecule has 2 heterocycles. The van der Waals surface area contributed by atoms with Crippen LogP contribution in [0.3, 0.4) is 0 Å². The zero-order chi connectivity index (χ0) is 15.2. The Morgan fingerprint density at radius 1 is 1.19 bits per heavy atom. The van der Waals surface area contributed by atoms with E-state index in [2.05, 4.69) is 33.0 Å². The lowest BCUT2D eigenvalue weighted by Crippen LogP contribution is -2.23. The average Bonchev–Trinajstić information content (AvgIpc) is 2.46. The number of nitrogens with zero attached hydrogens (tertiary/aromatic N) is 2. The lowest BCUT2D eigenvalue weighted by Gasteiger charge is -2.21. The number of aryl methyl sites for hydroxylation is 2. The van der Waals surface area contributed by atoms with Crippen LogP contribution in [-0.2, 0) is 6.42 Å². The van der Waals surface area contributed by atoms with E-state index in [0.717, 1.165) is 31.1 Å². The second-order valence-corrected chi connectivity index (χ2v) is 8.47. The summed E-state index contributed by atoms with van der Waals surface area (Å²) in [4.78, 5) is 9.60. The van der Waals surface area contributed by atoms with Gasteiger partial charge in [0.15, 0.2) is 0 Å². The van der Waals surface area contributed by atoms with Gasteiger partial charge in [0, 0.05) is 28.6 Å². The first-order valence-corrected chi connectivity index (χ1v) is 10.0. The predicted octanol–water partition coefficient (Wildman–Crippen LogP) is 3.40. The Morgan fingerprint density at radius 2 is 1.90 bits per heavy atom. The van der Waals surface area contributed by atoms with Crippen molar-refractivity contribution in [1.82, 2.24) is 15.3 Å². The number of thioether (sulfide) groups is 2. The Labute approximate surface area is 137 Å². The SMILES string of the molecule is Cc1nc(C2CSCCS2)nc(C)c1CCNCC(C)C. The first-order chi connectivity index (χ1) is 10.1.